The molecule has 0 spiro atoms. The van der Waals surface area contributed by atoms with Gasteiger partial charge in [-0.15, -0.1) is 6.58 Å². The second kappa shape index (κ2) is 1.96. The molecule has 0 aliphatic carbocycles. The Kier molecular flexibility index (Phi) is 1.38. The van der Waals surface area contributed by atoms with Crippen molar-refractivity contribution >= 4 is 6.16 Å². The van der Waals surface area contributed by atoms with Gasteiger partial charge in [-0.25, -0.2) is 4.79 Å². The van der Waals surface area contributed by atoms with Gasteiger partial charge in [0.25, 0.3) is 0 Å². The zero-order chi connectivity index (χ0) is 7.78. The number of carbonyl (C=O) groups excluding carboxylic acids is 1. The third-order valence-corrected chi connectivity index (χ3v) is 1.06. The molecule has 0 aromatic rings. The molecule has 1 unspecified atom stereocenters. The van der Waals surface area contributed by atoms with Crippen LogP contribution in [0.5, 0.6) is 0 Å². The van der Waals surface area contributed by atoms with Crippen LogP contribution in [0.2, 0.25) is 0 Å². The van der Waals surface area contributed by atoms with E-state index in [1.807, 2.05) is 0 Å². The Bertz CT molecular complexity index is 167. The van der Waals surface area contributed by atoms with Gasteiger partial charge in [0.2, 0.25) is 0 Å². The van der Waals surface area contributed by atoms with Crippen molar-refractivity contribution in [2.24, 2.45) is 0 Å². The molecule has 1 heterocycles. The Labute approximate surface area is 56.5 Å². The summed E-state index contributed by atoms with van der Waals surface area (Å²) in [6.07, 6.45) is -1.43. The van der Waals surface area contributed by atoms with E-state index in [2.05, 4.69) is 16.1 Å². The van der Waals surface area contributed by atoms with Crippen molar-refractivity contribution in [2.75, 3.05) is 0 Å². The van der Waals surface area contributed by atoms with Crippen molar-refractivity contribution in [3.05, 3.63) is 12.7 Å². The average molecular weight is 146 g/mol. The number of ether oxygens (including phenoxy) is 2. The number of cyclic esters (lactones) is 2. The van der Waals surface area contributed by atoms with Gasteiger partial charge in [-0.1, -0.05) is 6.08 Å². The van der Waals surface area contributed by atoms with Crippen LogP contribution in [-0.4, -0.2) is 28.4 Å². The van der Waals surface area contributed by atoms with Crippen molar-refractivity contribution in [1.82, 2.24) is 0 Å². The molecule has 1 atom stereocenters. The normalized spacial score (nSPS) is 23.6. The fourth-order valence-electron chi connectivity index (χ4n) is 0.516. The van der Waals surface area contributed by atoms with E-state index in [1.165, 1.54) is 0 Å². The molecule has 0 aromatic heterocycles. The molecular weight excluding hydrogens is 140 g/mol. The van der Waals surface area contributed by atoms with Gasteiger partial charge in [0.15, 0.2) is 6.10 Å². The monoisotopic (exact) mass is 146 g/mol. The summed E-state index contributed by atoms with van der Waals surface area (Å²) < 4.78 is 8.10. The van der Waals surface area contributed by atoms with E-state index in [-0.39, 0.29) is 0 Å². The van der Waals surface area contributed by atoms with Crippen molar-refractivity contribution in [1.29, 1.82) is 0 Å². The van der Waals surface area contributed by atoms with Crippen LogP contribution in [0.4, 0.5) is 4.79 Å². The Balaban J connectivity index is 2.55. The van der Waals surface area contributed by atoms with Gasteiger partial charge < -0.3 is 19.7 Å². The SMILES string of the molecule is C=CC(O)C1(O)OC(=O)O1. The first-order valence-electron chi connectivity index (χ1n) is 2.53. The van der Waals surface area contributed by atoms with Crippen LogP contribution in [0.1, 0.15) is 0 Å². The molecule has 56 valence electrons. The first-order chi connectivity index (χ1) is 4.58. The Morgan fingerprint density at radius 1 is 1.70 bits per heavy atom. The minimum Gasteiger partial charge on any atom is -0.378 e. The number of rotatable bonds is 2. The lowest BCUT2D eigenvalue weighted by molar-refractivity contribution is -0.411. The van der Waals surface area contributed by atoms with Crippen LogP contribution in [0.3, 0.4) is 0 Å². The smallest absolute Gasteiger partial charge is 0.378 e. The standard InChI is InChI=1S/C5H6O5/c1-2-3(6)5(8)9-4(7)10-5/h2-3,6,8H,1H2. The molecular formula is C5H6O5. The number of hydrogen-bond donors (Lipinski definition) is 2. The molecule has 0 bridgehead atoms. The number of carbonyl (C=O) groups is 1. The maximum absolute atomic E-state index is 9.99. The van der Waals surface area contributed by atoms with E-state index in [0.717, 1.165) is 6.08 Å². The predicted molar refractivity (Wildman–Crippen MR) is 28.7 cm³/mol. The highest BCUT2D eigenvalue weighted by Crippen LogP contribution is 2.25. The maximum Gasteiger partial charge on any atom is 0.518 e. The second-order valence-corrected chi connectivity index (χ2v) is 1.77. The summed E-state index contributed by atoms with van der Waals surface area (Å²) >= 11 is 0. The van der Waals surface area contributed by atoms with Gasteiger partial charge in [0.1, 0.15) is 0 Å². The molecule has 0 amide bonds. The lowest BCUT2D eigenvalue weighted by Gasteiger charge is -2.35. The average Bonchev–Trinajstić information content (AvgIpc) is 1.83. The molecule has 1 saturated heterocycles. The van der Waals surface area contributed by atoms with E-state index in [4.69, 9.17) is 10.2 Å². The molecule has 5 nitrogen and oxygen atoms in total. The van der Waals surface area contributed by atoms with Crippen molar-refractivity contribution in [3.8, 4) is 0 Å². The minimum absolute atomic E-state index is 0.992. The topological polar surface area (TPSA) is 76.0 Å². The zero-order valence-electron chi connectivity index (χ0n) is 4.98. The van der Waals surface area contributed by atoms with Crippen molar-refractivity contribution < 1.29 is 24.5 Å². The van der Waals surface area contributed by atoms with Gasteiger partial charge >= 0.3 is 12.1 Å². The lowest BCUT2D eigenvalue weighted by atomic mass is 10.3. The molecule has 0 aromatic carbocycles. The summed E-state index contributed by atoms with van der Waals surface area (Å²) in [4.78, 5) is 9.99. The van der Waals surface area contributed by atoms with Gasteiger partial charge in [-0.05, 0) is 0 Å². The molecule has 2 N–H and O–H groups in total. The van der Waals surface area contributed by atoms with Crippen LogP contribution in [0.15, 0.2) is 12.7 Å². The molecule has 0 saturated carbocycles. The molecule has 0 radical (unpaired) electrons. The summed E-state index contributed by atoms with van der Waals surface area (Å²) in [5.41, 5.74) is 0. The van der Waals surface area contributed by atoms with Crippen molar-refractivity contribution in [3.63, 3.8) is 0 Å². The molecule has 10 heavy (non-hydrogen) atoms. The van der Waals surface area contributed by atoms with Crippen LogP contribution in [0.25, 0.3) is 0 Å². The Morgan fingerprint density at radius 3 is 2.50 bits per heavy atom. The van der Waals surface area contributed by atoms with Crippen LogP contribution >= 0.6 is 0 Å². The summed E-state index contributed by atoms with van der Waals surface area (Å²) in [6.45, 7) is 3.15. The second-order valence-electron chi connectivity index (χ2n) is 1.77. The third-order valence-electron chi connectivity index (χ3n) is 1.06. The summed E-state index contributed by atoms with van der Waals surface area (Å²) in [5.74, 6) is -2.21. The van der Waals surface area contributed by atoms with E-state index in [1.54, 1.807) is 0 Å². The summed E-state index contributed by atoms with van der Waals surface area (Å²) in [6, 6.07) is 0. The van der Waals surface area contributed by atoms with Gasteiger partial charge in [0, 0.05) is 0 Å². The predicted octanol–water partition coefficient (Wildman–Crippen LogP) is -0.654. The van der Waals surface area contributed by atoms with E-state index >= 15 is 0 Å². The molecule has 1 aliphatic heterocycles. The first-order valence-corrected chi connectivity index (χ1v) is 2.53. The fourth-order valence-corrected chi connectivity index (χ4v) is 0.516. The Morgan fingerprint density at radius 2 is 2.20 bits per heavy atom. The van der Waals surface area contributed by atoms with E-state index < -0.39 is 18.2 Å². The highest BCUT2D eigenvalue weighted by molar-refractivity contribution is 5.65. The number of aliphatic hydroxyl groups excluding tert-OH is 1. The molecule has 1 rings (SSSR count). The zero-order valence-corrected chi connectivity index (χ0v) is 4.98. The highest BCUT2D eigenvalue weighted by Gasteiger charge is 2.52. The summed E-state index contributed by atoms with van der Waals surface area (Å²) in [7, 11) is 0. The molecule has 1 fully saturated rings. The third kappa shape index (κ3) is 0.850. The first kappa shape index (κ1) is 7.04. The van der Waals surface area contributed by atoms with Gasteiger partial charge in [0.05, 0.1) is 0 Å². The molecule has 1 aliphatic rings. The van der Waals surface area contributed by atoms with Crippen LogP contribution < -0.4 is 0 Å². The quantitative estimate of drug-likeness (QED) is 0.399. The van der Waals surface area contributed by atoms with Crippen molar-refractivity contribution in [2.45, 2.75) is 12.1 Å². The van der Waals surface area contributed by atoms with Gasteiger partial charge in [-0.3, -0.25) is 0 Å². The summed E-state index contributed by atoms with van der Waals surface area (Å²) in [5, 5.41) is 17.6. The minimum atomic E-state index is -2.21. The van der Waals surface area contributed by atoms with E-state index in [9.17, 15) is 4.79 Å². The van der Waals surface area contributed by atoms with Crippen LogP contribution in [0, 0.1) is 0 Å². The number of aliphatic hydroxyl groups is 2. The Hall–Kier alpha value is -1.07. The highest BCUT2D eigenvalue weighted by atomic mass is 17.0. The fraction of sp³-hybridized carbons (Fsp3) is 0.400. The lowest BCUT2D eigenvalue weighted by Crippen LogP contribution is -2.57. The van der Waals surface area contributed by atoms with Crippen LogP contribution in [-0.2, 0) is 9.47 Å². The van der Waals surface area contributed by atoms with Gasteiger partial charge in [-0.2, -0.15) is 0 Å². The largest absolute Gasteiger partial charge is 0.518 e. The maximum atomic E-state index is 9.99. The van der Waals surface area contributed by atoms with E-state index in [0.29, 0.717) is 0 Å². The molecule has 5 heteroatoms. The number of hydrogen-bond acceptors (Lipinski definition) is 5.